The van der Waals surface area contributed by atoms with E-state index >= 15 is 0 Å². The fourth-order valence-corrected chi connectivity index (χ4v) is 2.70. The van der Waals surface area contributed by atoms with E-state index in [-0.39, 0.29) is 5.41 Å². The Hall–Kier alpha value is -2.10. The predicted molar refractivity (Wildman–Crippen MR) is 103 cm³/mol. The Bertz CT molecular complexity index is 659. The summed E-state index contributed by atoms with van der Waals surface area (Å²) in [5, 5.41) is 6.87. The van der Waals surface area contributed by atoms with Crippen LogP contribution < -0.4 is 10.6 Å². The van der Waals surface area contributed by atoms with Crippen LogP contribution in [0.1, 0.15) is 58.3 Å². The fourth-order valence-electron chi connectivity index (χ4n) is 2.70. The zero-order valence-electron chi connectivity index (χ0n) is 15.6. The zero-order valence-corrected chi connectivity index (χ0v) is 15.6. The number of aromatic nitrogens is 2. The smallest absolute Gasteiger partial charge is 0.136 e. The summed E-state index contributed by atoms with van der Waals surface area (Å²) in [6.45, 7) is 11.8. The first kappa shape index (κ1) is 18.2. The Morgan fingerprint density at radius 2 is 1.71 bits per heavy atom. The maximum absolute atomic E-state index is 4.53. The molecule has 0 aliphatic rings. The molecule has 4 heteroatoms. The highest BCUT2D eigenvalue weighted by molar-refractivity contribution is 5.64. The van der Waals surface area contributed by atoms with Gasteiger partial charge in [0, 0.05) is 18.3 Å². The summed E-state index contributed by atoms with van der Waals surface area (Å²) in [5.41, 5.74) is 2.45. The van der Waals surface area contributed by atoms with Gasteiger partial charge in [-0.3, -0.25) is 0 Å². The van der Waals surface area contributed by atoms with Crippen molar-refractivity contribution >= 4 is 17.3 Å². The number of hydrogen-bond acceptors (Lipinski definition) is 4. The van der Waals surface area contributed by atoms with Crippen LogP contribution in [0.15, 0.2) is 30.3 Å². The van der Waals surface area contributed by atoms with E-state index in [0.29, 0.717) is 0 Å². The number of para-hydroxylation sites is 1. The standard InChI is InChI=1S/C20H30N4/c1-6-7-10-13-21-18-14-19(23-15(2)22-18)24-17-12-9-8-11-16(17)20(3,4)5/h8-9,11-12,14H,6-7,10,13H2,1-5H3,(H2,21,22,23,24). The third kappa shape index (κ3) is 5.22. The molecule has 130 valence electrons. The van der Waals surface area contributed by atoms with Crippen molar-refractivity contribution < 1.29 is 0 Å². The number of aryl methyl sites for hydroxylation is 1. The van der Waals surface area contributed by atoms with E-state index in [1.54, 1.807) is 0 Å². The second-order valence-electron chi connectivity index (χ2n) is 7.24. The molecule has 2 rings (SSSR count). The molecule has 0 unspecified atom stereocenters. The maximum Gasteiger partial charge on any atom is 0.136 e. The molecule has 0 spiro atoms. The van der Waals surface area contributed by atoms with Crippen molar-refractivity contribution in [2.24, 2.45) is 0 Å². The van der Waals surface area contributed by atoms with E-state index in [0.717, 1.165) is 36.1 Å². The van der Waals surface area contributed by atoms with Crippen LogP contribution in [0.25, 0.3) is 0 Å². The quantitative estimate of drug-likeness (QED) is 0.666. The molecule has 0 bridgehead atoms. The summed E-state index contributed by atoms with van der Waals surface area (Å²) < 4.78 is 0. The van der Waals surface area contributed by atoms with Gasteiger partial charge in [0.15, 0.2) is 0 Å². The topological polar surface area (TPSA) is 49.8 Å². The van der Waals surface area contributed by atoms with Crippen LogP contribution in [0.5, 0.6) is 0 Å². The second-order valence-corrected chi connectivity index (χ2v) is 7.24. The molecule has 0 saturated heterocycles. The van der Waals surface area contributed by atoms with Gasteiger partial charge in [0.25, 0.3) is 0 Å². The lowest BCUT2D eigenvalue weighted by atomic mass is 9.86. The molecule has 1 aromatic carbocycles. The lowest BCUT2D eigenvalue weighted by molar-refractivity contribution is 0.592. The number of nitrogens with one attached hydrogen (secondary N) is 2. The van der Waals surface area contributed by atoms with Crippen LogP contribution in [0.4, 0.5) is 17.3 Å². The molecule has 0 amide bonds. The van der Waals surface area contributed by atoms with Gasteiger partial charge in [-0.2, -0.15) is 0 Å². The number of nitrogens with zero attached hydrogens (tertiary/aromatic N) is 2. The Morgan fingerprint density at radius 3 is 2.42 bits per heavy atom. The lowest BCUT2D eigenvalue weighted by Gasteiger charge is -2.23. The molecule has 1 aromatic heterocycles. The van der Waals surface area contributed by atoms with Gasteiger partial charge in [0.05, 0.1) is 0 Å². The van der Waals surface area contributed by atoms with Crippen LogP contribution in [-0.4, -0.2) is 16.5 Å². The fraction of sp³-hybridized carbons (Fsp3) is 0.500. The SMILES string of the molecule is CCCCCNc1cc(Nc2ccccc2C(C)(C)C)nc(C)n1. The monoisotopic (exact) mass is 326 g/mol. The molecule has 2 aromatic rings. The molecule has 2 N–H and O–H groups in total. The largest absolute Gasteiger partial charge is 0.370 e. The van der Waals surface area contributed by atoms with Crippen LogP contribution in [0.2, 0.25) is 0 Å². The van der Waals surface area contributed by atoms with Crippen LogP contribution in [-0.2, 0) is 5.41 Å². The van der Waals surface area contributed by atoms with Crippen LogP contribution in [0, 0.1) is 6.92 Å². The average Bonchev–Trinajstić information content (AvgIpc) is 2.50. The molecule has 1 heterocycles. The molecule has 0 radical (unpaired) electrons. The number of rotatable bonds is 7. The molecule has 0 fully saturated rings. The molecule has 0 aliphatic heterocycles. The first-order chi connectivity index (χ1) is 11.4. The van der Waals surface area contributed by atoms with Gasteiger partial charge in [-0.15, -0.1) is 0 Å². The van der Waals surface area contributed by atoms with E-state index in [1.165, 1.54) is 18.4 Å². The summed E-state index contributed by atoms with van der Waals surface area (Å²) in [5.74, 6) is 2.48. The summed E-state index contributed by atoms with van der Waals surface area (Å²) in [6.07, 6.45) is 3.62. The van der Waals surface area contributed by atoms with Gasteiger partial charge in [-0.1, -0.05) is 58.7 Å². The van der Waals surface area contributed by atoms with Crippen molar-refractivity contribution in [1.29, 1.82) is 0 Å². The number of unbranched alkanes of at least 4 members (excludes halogenated alkanes) is 2. The summed E-state index contributed by atoms with van der Waals surface area (Å²) in [4.78, 5) is 9.02. The van der Waals surface area contributed by atoms with E-state index in [1.807, 2.05) is 13.0 Å². The Labute approximate surface area is 146 Å². The number of anilines is 3. The summed E-state index contributed by atoms with van der Waals surface area (Å²) in [7, 11) is 0. The van der Waals surface area contributed by atoms with Crippen molar-refractivity contribution in [1.82, 2.24) is 9.97 Å². The van der Waals surface area contributed by atoms with Gasteiger partial charge in [-0.25, -0.2) is 9.97 Å². The Morgan fingerprint density at radius 1 is 1.00 bits per heavy atom. The highest BCUT2D eigenvalue weighted by Gasteiger charge is 2.17. The van der Waals surface area contributed by atoms with Gasteiger partial charge < -0.3 is 10.6 Å². The van der Waals surface area contributed by atoms with E-state index in [2.05, 4.69) is 72.6 Å². The number of hydrogen-bond donors (Lipinski definition) is 2. The Balaban J connectivity index is 2.17. The number of benzene rings is 1. The van der Waals surface area contributed by atoms with Crippen molar-refractivity contribution in [3.05, 3.63) is 41.7 Å². The van der Waals surface area contributed by atoms with Crippen molar-refractivity contribution in [2.45, 2.75) is 59.3 Å². The highest BCUT2D eigenvalue weighted by Crippen LogP contribution is 2.31. The molecular weight excluding hydrogens is 296 g/mol. The van der Waals surface area contributed by atoms with Gasteiger partial charge in [-0.05, 0) is 30.4 Å². The molecule has 4 nitrogen and oxygen atoms in total. The summed E-state index contributed by atoms with van der Waals surface area (Å²) in [6, 6.07) is 10.4. The van der Waals surface area contributed by atoms with Gasteiger partial charge >= 0.3 is 0 Å². The summed E-state index contributed by atoms with van der Waals surface area (Å²) >= 11 is 0. The minimum absolute atomic E-state index is 0.0763. The first-order valence-electron chi connectivity index (χ1n) is 8.86. The average molecular weight is 326 g/mol. The molecular formula is C20H30N4. The van der Waals surface area contributed by atoms with Gasteiger partial charge in [0.2, 0.25) is 0 Å². The first-order valence-corrected chi connectivity index (χ1v) is 8.86. The Kier molecular flexibility index (Phi) is 6.18. The van der Waals surface area contributed by atoms with Crippen molar-refractivity contribution in [3.8, 4) is 0 Å². The minimum Gasteiger partial charge on any atom is -0.370 e. The molecule has 0 aliphatic carbocycles. The predicted octanol–water partition coefficient (Wildman–Crippen LogP) is 5.43. The van der Waals surface area contributed by atoms with E-state index < -0.39 is 0 Å². The molecule has 24 heavy (non-hydrogen) atoms. The van der Waals surface area contributed by atoms with Crippen LogP contribution in [0.3, 0.4) is 0 Å². The lowest BCUT2D eigenvalue weighted by Crippen LogP contribution is -2.14. The zero-order chi connectivity index (χ0) is 17.6. The minimum atomic E-state index is 0.0763. The van der Waals surface area contributed by atoms with E-state index in [4.69, 9.17) is 0 Å². The second kappa shape index (κ2) is 8.13. The van der Waals surface area contributed by atoms with Crippen molar-refractivity contribution in [3.63, 3.8) is 0 Å². The molecule has 0 saturated carbocycles. The van der Waals surface area contributed by atoms with E-state index in [9.17, 15) is 0 Å². The maximum atomic E-state index is 4.53. The third-order valence-corrected chi connectivity index (χ3v) is 3.92. The molecule has 0 atom stereocenters. The van der Waals surface area contributed by atoms with Crippen LogP contribution >= 0.6 is 0 Å². The van der Waals surface area contributed by atoms with Crippen molar-refractivity contribution in [2.75, 3.05) is 17.2 Å². The van der Waals surface area contributed by atoms with Gasteiger partial charge in [0.1, 0.15) is 17.5 Å². The normalized spacial score (nSPS) is 11.4. The third-order valence-electron chi connectivity index (χ3n) is 3.92. The highest BCUT2D eigenvalue weighted by atomic mass is 15.1.